The summed E-state index contributed by atoms with van der Waals surface area (Å²) in [5.74, 6) is 1.69. The number of rotatable bonds is 10. The lowest BCUT2D eigenvalue weighted by molar-refractivity contribution is 0.197. The molecule has 2 aromatic heterocycles. The highest BCUT2D eigenvalue weighted by molar-refractivity contribution is 6.06. The third kappa shape index (κ3) is 4.77. The van der Waals surface area contributed by atoms with Crippen LogP contribution in [-0.2, 0) is 13.0 Å². The first-order valence-electron chi connectivity index (χ1n) is 12.6. The second kappa shape index (κ2) is 10.4. The Kier molecular flexibility index (Phi) is 7.33. The molecule has 5 heteroatoms. The molecule has 2 N–H and O–H groups in total. The Morgan fingerprint density at radius 3 is 2.66 bits per heavy atom. The second-order valence-corrected chi connectivity index (χ2v) is 9.42. The SMILES string of the molecule is C=C(C)N(CCCCn1c(CCCC)nc2c(N)nc3ccccc3c21)C1CCCCC1. The largest absolute Gasteiger partial charge is 0.382 e. The van der Waals surface area contributed by atoms with E-state index in [2.05, 4.69) is 47.0 Å². The zero-order valence-corrected chi connectivity index (χ0v) is 19.9. The summed E-state index contributed by atoms with van der Waals surface area (Å²) in [5, 5.41) is 1.15. The van der Waals surface area contributed by atoms with E-state index in [4.69, 9.17) is 10.7 Å². The molecule has 0 amide bonds. The van der Waals surface area contributed by atoms with Gasteiger partial charge < -0.3 is 15.2 Å². The van der Waals surface area contributed by atoms with Crippen LogP contribution in [0.2, 0.25) is 0 Å². The van der Waals surface area contributed by atoms with Gasteiger partial charge in [0.2, 0.25) is 0 Å². The van der Waals surface area contributed by atoms with Crippen LogP contribution in [0.4, 0.5) is 5.82 Å². The number of hydrogen-bond donors (Lipinski definition) is 1. The third-order valence-electron chi connectivity index (χ3n) is 6.98. The molecular weight excluding hydrogens is 394 g/mol. The number of nitrogens with zero attached hydrogens (tertiary/aromatic N) is 4. The first-order valence-corrected chi connectivity index (χ1v) is 12.6. The summed E-state index contributed by atoms with van der Waals surface area (Å²) >= 11 is 0. The lowest BCUT2D eigenvalue weighted by atomic mass is 9.93. The fourth-order valence-electron chi connectivity index (χ4n) is 5.30. The van der Waals surface area contributed by atoms with Crippen LogP contribution in [0, 0.1) is 0 Å². The monoisotopic (exact) mass is 433 g/mol. The number of aryl methyl sites for hydroxylation is 2. The average molecular weight is 434 g/mol. The van der Waals surface area contributed by atoms with E-state index >= 15 is 0 Å². The van der Waals surface area contributed by atoms with Gasteiger partial charge in [0.15, 0.2) is 5.82 Å². The molecule has 2 heterocycles. The Balaban J connectivity index is 1.55. The van der Waals surface area contributed by atoms with Gasteiger partial charge in [-0.2, -0.15) is 0 Å². The quantitative estimate of drug-likeness (QED) is 0.373. The summed E-state index contributed by atoms with van der Waals surface area (Å²) in [4.78, 5) is 12.2. The molecule has 0 unspecified atom stereocenters. The fraction of sp³-hybridized carbons (Fsp3) is 0.556. The van der Waals surface area contributed by atoms with E-state index in [9.17, 15) is 0 Å². The molecular formula is C27H39N5. The predicted molar refractivity (Wildman–Crippen MR) is 136 cm³/mol. The van der Waals surface area contributed by atoms with Crippen molar-refractivity contribution in [3.63, 3.8) is 0 Å². The van der Waals surface area contributed by atoms with Crippen molar-refractivity contribution < 1.29 is 0 Å². The Labute approximate surface area is 192 Å². The van der Waals surface area contributed by atoms with Gasteiger partial charge in [-0.05, 0) is 45.1 Å². The number of unbranched alkanes of at least 4 members (excludes halogenated alkanes) is 2. The zero-order chi connectivity index (χ0) is 22.5. The number of anilines is 1. The molecule has 1 aromatic carbocycles. The minimum absolute atomic E-state index is 0.543. The van der Waals surface area contributed by atoms with Crippen molar-refractivity contribution in [3.8, 4) is 0 Å². The molecule has 1 saturated carbocycles. The Bertz CT molecular complexity index is 1060. The molecule has 0 saturated heterocycles. The summed E-state index contributed by atoms with van der Waals surface area (Å²) in [5.41, 5.74) is 10.5. The van der Waals surface area contributed by atoms with Gasteiger partial charge in [0.05, 0.1) is 11.0 Å². The number of aromatic nitrogens is 3. The highest BCUT2D eigenvalue weighted by Crippen LogP contribution is 2.30. The van der Waals surface area contributed by atoms with Crippen LogP contribution in [0.15, 0.2) is 36.5 Å². The van der Waals surface area contributed by atoms with Crippen molar-refractivity contribution in [3.05, 3.63) is 42.4 Å². The van der Waals surface area contributed by atoms with Gasteiger partial charge in [0, 0.05) is 36.6 Å². The van der Waals surface area contributed by atoms with E-state index < -0.39 is 0 Å². The molecule has 3 aromatic rings. The molecule has 32 heavy (non-hydrogen) atoms. The van der Waals surface area contributed by atoms with E-state index in [-0.39, 0.29) is 0 Å². The van der Waals surface area contributed by atoms with Gasteiger partial charge in [-0.15, -0.1) is 0 Å². The zero-order valence-electron chi connectivity index (χ0n) is 19.9. The summed E-state index contributed by atoms with van der Waals surface area (Å²) in [6.45, 7) is 10.8. The summed E-state index contributed by atoms with van der Waals surface area (Å²) < 4.78 is 2.43. The first kappa shape index (κ1) is 22.6. The lowest BCUT2D eigenvalue weighted by Gasteiger charge is -2.36. The molecule has 172 valence electrons. The first-order chi connectivity index (χ1) is 15.6. The van der Waals surface area contributed by atoms with Crippen LogP contribution >= 0.6 is 0 Å². The number of fused-ring (bicyclic) bond motifs is 3. The Morgan fingerprint density at radius 2 is 1.91 bits per heavy atom. The number of allylic oxidation sites excluding steroid dienone is 1. The highest BCUT2D eigenvalue weighted by atomic mass is 15.2. The number of nitrogens with two attached hydrogens (primary N) is 1. The highest BCUT2D eigenvalue weighted by Gasteiger charge is 2.21. The van der Waals surface area contributed by atoms with Gasteiger partial charge in [-0.3, -0.25) is 0 Å². The number of pyridine rings is 1. The Hall–Kier alpha value is -2.56. The van der Waals surface area contributed by atoms with Crippen LogP contribution in [0.5, 0.6) is 0 Å². The van der Waals surface area contributed by atoms with E-state index in [1.807, 2.05) is 12.1 Å². The van der Waals surface area contributed by atoms with Gasteiger partial charge in [-0.25, -0.2) is 9.97 Å². The minimum Gasteiger partial charge on any atom is -0.382 e. The third-order valence-corrected chi connectivity index (χ3v) is 6.98. The van der Waals surface area contributed by atoms with Gasteiger partial charge in [0.25, 0.3) is 0 Å². The van der Waals surface area contributed by atoms with Crippen molar-refractivity contribution in [2.75, 3.05) is 12.3 Å². The Morgan fingerprint density at radius 1 is 1.12 bits per heavy atom. The summed E-state index contributed by atoms with van der Waals surface area (Å²) in [7, 11) is 0. The molecule has 4 rings (SSSR count). The van der Waals surface area contributed by atoms with E-state index in [0.29, 0.717) is 11.9 Å². The molecule has 1 aliphatic rings. The van der Waals surface area contributed by atoms with E-state index in [1.54, 1.807) is 0 Å². The summed E-state index contributed by atoms with van der Waals surface area (Å²) in [6, 6.07) is 8.99. The van der Waals surface area contributed by atoms with Crippen molar-refractivity contribution in [2.24, 2.45) is 0 Å². The maximum absolute atomic E-state index is 6.34. The topological polar surface area (TPSA) is 60.0 Å². The molecule has 0 bridgehead atoms. The van der Waals surface area contributed by atoms with Crippen molar-refractivity contribution in [2.45, 2.75) is 90.6 Å². The van der Waals surface area contributed by atoms with Gasteiger partial charge in [-0.1, -0.05) is 57.4 Å². The van der Waals surface area contributed by atoms with Crippen molar-refractivity contribution >= 4 is 27.8 Å². The van der Waals surface area contributed by atoms with E-state index in [0.717, 1.165) is 73.0 Å². The maximum Gasteiger partial charge on any atom is 0.152 e. The molecule has 1 fully saturated rings. The fourth-order valence-corrected chi connectivity index (χ4v) is 5.30. The van der Waals surface area contributed by atoms with Crippen molar-refractivity contribution in [1.82, 2.24) is 19.4 Å². The number of hydrogen-bond acceptors (Lipinski definition) is 4. The number of para-hydroxylation sites is 1. The summed E-state index contributed by atoms with van der Waals surface area (Å²) in [6.07, 6.45) is 12.3. The van der Waals surface area contributed by atoms with Crippen LogP contribution in [0.1, 0.15) is 77.5 Å². The second-order valence-electron chi connectivity index (χ2n) is 9.42. The van der Waals surface area contributed by atoms with Crippen LogP contribution in [0.3, 0.4) is 0 Å². The molecule has 1 aliphatic carbocycles. The molecule has 5 nitrogen and oxygen atoms in total. The molecule has 0 atom stereocenters. The standard InChI is InChI=1S/C27H39N5/c1-4-5-17-24-30-25-26(22-15-9-10-16-23(22)29-27(25)28)32(24)19-12-11-18-31(20(2)3)21-13-7-6-8-14-21/h9-10,15-16,21H,2,4-8,11-14,17-19H2,1,3H3,(H2,28,29). The maximum atomic E-state index is 6.34. The normalized spacial score (nSPS) is 14.9. The predicted octanol–water partition coefficient (Wildman–Crippen LogP) is 6.46. The van der Waals surface area contributed by atoms with E-state index in [1.165, 1.54) is 37.8 Å². The minimum atomic E-state index is 0.543. The average Bonchev–Trinajstić information content (AvgIpc) is 3.17. The number of nitrogen functional groups attached to an aromatic ring is 1. The smallest absolute Gasteiger partial charge is 0.152 e. The van der Waals surface area contributed by atoms with Gasteiger partial charge >= 0.3 is 0 Å². The number of imidazole rings is 1. The van der Waals surface area contributed by atoms with Crippen LogP contribution < -0.4 is 5.73 Å². The van der Waals surface area contributed by atoms with Crippen LogP contribution in [0.25, 0.3) is 21.9 Å². The van der Waals surface area contributed by atoms with Crippen LogP contribution in [-0.4, -0.2) is 32.0 Å². The molecule has 0 spiro atoms. The molecule has 0 aliphatic heterocycles. The van der Waals surface area contributed by atoms with Gasteiger partial charge in [0.1, 0.15) is 11.3 Å². The number of benzene rings is 1. The lowest BCUT2D eigenvalue weighted by Crippen LogP contribution is -2.35. The molecule has 0 radical (unpaired) electrons. The van der Waals surface area contributed by atoms with Crippen molar-refractivity contribution in [1.29, 1.82) is 0 Å².